The highest BCUT2D eigenvalue weighted by molar-refractivity contribution is 5.98. The molecule has 0 saturated carbocycles. The summed E-state index contributed by atoms with van der Waals surface area (Å²) in [6.45, 7) is 3.17. The number of aliphatic hydroxyl groups excluding tert-OH is 2. The first-order valence-electron chi connectivity index (χ1n) is 12.5. The average Bonchev–Trinajstić information content (AvgIpc) is 3.48. The van der Waals surface area contributed by atoms with Gasteiger partial charge >= 0.3 is 0 Å². The van der Waals surface area contributed by atoms with E-state index < -0.39 is 65.3 Å². The molecule has 7 N–H and O–H groups in total. The molecule has 0 aliphatic carbocycles. The molecule has 37 heavy (non-hydrogen) atoms. The molecule has 0 unspecified atom stereocenters. The zero-order valence-electron chi connectivity index (χ0n) is 21.1. The molecule has 2 aliphatic heterocycles. The Kier molecular flexibility index (Phi) is 8.88. The molecule has 204 valence electrons. The van der Waals surface area contributed by atoms with Gasteiger partial charge in [-0.15, -0.1) is 0 Å². The summed E-state index contributed by atoms with van der Waals surface area (Å²) >= 11 is 0. The van der Waals surface area contributed by atoms with E-state index in [1.165, 1.54) is 41.8 Å². The van der Waals surface area contributed by atoms with E-state index in [4.69, 9.17) is 11.5 Å². The number of halogens is 1. The predicted molar refractivity (Wildman–Crippen MR) is 131 cm³/mol. The van der Waals surface area contributed by atoms with E-state index in [0.29, 0.717) is 24.8 Å². The van der Waals surface area contributed by atoms with Crippen LogP contribution in [0.2, 0.25) is 0 Å². The smallest absolute Gasteiger partial charge is 0.247 e. The summed E-state index contributed by atoms with van der Waals surface area (Å²) in [4.78, 5) is 55.2. The summed E-state index contributed by atoms with van der Waals surface area (Å²) in [6, 6.07) is 2.17. The van der Waals surface area contributed by atoms with Crippen molar-refractivity contribution in [3.63, 3.8) is 0 Å². The number of rotatable bonds is 9. The van der Waals surface area contributed by atoms with Crippen molar-refractivity contribution in [2.24, 2.45) is 11.5 Å². The summed E-state index contributed by atoms with van der Waals surface area (Å²) in [7, 11) is 0. The lowest BCUT2D eigenvalue weighted by atomic mass is 9.86. The van der Waals surface area contributed by atoms with Crippen molar-refractivity contribution in [2.75, 3.05) is 13.1 Å². The minimum absolute atomic E-state index is 0.0541. The van der Waals surface area contributed by atoms with Crippen molar-refractivity contribution in [1.82, 2.24) is 15.1 Å². The number of benzene rings is 1. The van der Waals surface area contributed by atoms with Crippen molar-refractivity contribution in [3.05, 3.63) is 35.6 Å². The first-order chi connectivity index (χ1) is 17.4. The third kappa shape index (κ3) is 5.91. The summed E-state index contributed by atoms with van der Waals surface area (Å²) in [5.74, 6) is -3.19. The van der Waals surface area contributed by atoms with Crippen molar-refractivity contribution >= 4 is 23.6 Å². The number of nitrogens with zero attached hydrogens (tertiary/aromatic N) is 2. The number of nitrogens with two attached hydrogens (primary N) is 2. The lowest BCUT2D eigenvalue weighted by Crippen LogP contribution is -2.65. The normalized spacial score (nSPS) is 24.9. The van der Waals surface area contributed by atoms with Crippen LogP contribution in [0.3, 0.4) is 0 Å². The van der Waals surface area contributed by atoms with E-state index in [0.717, 1.165) is 0 Å². The van der Waals surface area contributed by atoms with E-state index in [1.54, 1.807) is 6.07 Å². The van der Waals surface area contributed by atoms with Gasteiger partial charge in [-0.2, -0.15) is 0 Å². The third-order valence-corrected chi connectivity index (χ3v) is 7.26. The minimum Gasteiger partial charge on any atom is -0.391 e. The lowest BCUT2D eigenvalue weighted by molar-refractivity contribution is -0.152. The summed E-state index contributed by atoms with van der Waals surface area (Å²) in [5.41, 5.74) is 10.2. The second-order valence-electron chi connectivity index (χ2n) is 9.98. The highest BCUT2D eigenvalue weighted by Gasteiger charge is 2.53. The fraction of sp³-hybridized carbons (Fsp3) is 0.600. The molecule has 1 aromatic carbocycles. The Labute approximate surface area is 215 Å². The minimum atomic E-state index is -1.52. The second-order valence-corrected chi connectivity index (χ2v) is 9.98. The SMILES string of the molecule is C[C@@H](O)[C@H](N)C(=O)N1CCC[C@H]1C(=O)N1CCC[C@]1(Cc1cccc(F)c1)C(=O)N[C@H](C(N)=O)[C@@H](C)O. The van der Waals surface area contributed by atoms with E-state index in [-0.39, 0.29) is 25.9 Å². The van der Waals surface area contributed by atoms with Crippen LogP contribution < -0.4 is 16.8 Å². The highest BCUT2D eigenvalue weighted by atomic mass is 19.1. The summed E-state index contributed by atoms with van der Waals surface area (Å²) in [5, 5.41) is 22.3. The van der Waals surface area contributed by atoms with Gasteiger partial charge in [0, 0.05) is 19.5 Å². The number of nitrogens with one attached hydrogen (secondary N) is 1. The third-order valence-electron chi connectivity index (χ3n) is 7.26. The van der Waals surface area contributed by atoms with Gasteiger partial charge in [-0.3, -0.25) is 19.2 Å². The molecule has 0 bridgehead atoms. The molecular weight excluding hydrogens is 485 g/mol. The molecule has 12 heteroatoms. The molecule has 3 rings (SSSR count). The molecule has 1 aromatic rings. The molecule has 2 fully saturated rings. The monoisotopic (exact) mass is 521 g/mol. The number of amides is 4. The van der Waals surface area contributed by atoms with Gasteiger partial charge in [-0.1, -0.05) is 12.1 Å². The zero-order valence-corrected chi connectivity index (χ0v) is 21.1. The maximum Gasteiger partial charge on any atom is 0.247 e. The van der Waals surface area contributed by atoms with E-state index in [9.17, 15) is 33.8 Å². The Morgan fingerprint density at radius 3 is 2.46 bits per heavy atom. The number of hydrogen-bond donors (Lipinski definition) is 5. The summed E-state index contributed by atoms with van der Waals surface area (Å²) in [6.07, 6.45) is -0.914. The van der Waals surface area contributed by atoms with Gasteiger partial charge < -0.3 is 36.8 Å². The predicted octanol–water partition coefficient (Wildman–Crippen LogP) is -1.22. The molecule has 0 spiro atoms. The molecule has 2 saturated heterocycles. The van der Waals surface area contributed by atoms with E-state index >= 15 is 0 Å². The van der Waals surface area contributed by atoms with Gasteiger partial charge in [0.25, 0.3) is 0 Å². The lowest BCUT2D eigenvalue weighted by Gasteiger charge is -2.41. The summed E-state index contributed by atoms with van der Waals surface area (Å²) < 4.78 is 14.0. The molecule has 2 heterocycles. The van der Waals surface area contributed by atoms with Gasteiger partial charge in [0.15, 0.2) is 0 Å². The maximum absolute atomic E-state index is 14.0. The van der Waals surface area contributed by atoms with Crippen LogP contribution in [-0.2, 0) is 25.6 Å². The average molecular weight is 522 g/mol. The molecule has 4 amide bonds. The molecule has 11 nitrogen and oxygen atoms in total. The van der Waals surface area contributed by atoms with Crippen molar-refractivity contribution in [2.45, 2.75) is 81.8 Å². The fourth-order valence-electron chi connectivity index (χ4n) is 5.25. The Morgan fingerprint density at radius 1 is 1.16 bits per heavy atom. The number of primary amides is 1. The standard InChI is InChI=1S/C25H36FN5O6/c1-14(32)19(27)23(36)30-10-4-8-18(30)22(35)31-11-5-9-25(31,13-16-6-3-7-17(26)12-16)24(37)29-20(15(2)33)21(28)34/h3,6-7,12,14-15,18-20,32-33H,4-5,8-11,13,27H2,1-2H3,(H2,28,34)(H,29,37)/t14-,15-,18+,19+,20+,25+/m1/s1. The molecule has 0 aromatic heterocycles. The van der Waals surface area contributed by atoms with Crippen LogP contribution >= 0.6 is 0 Å². The van der Waals surface area contributed by atoms with Gasteiger partial charge in [-0.05, 0) is 57.2 Å². The van der Waals surface area contributed by atoms with Crippen LogP contribution in [0.5, 0.6) is 0 Å². The Morgan fingerprint density at radius 2 is 1.86 bits per heavy atom. The molecule has 6 atom stereocenters. The number of likely N-dealkylation sites (tertiary alicyclic amines) is 2. The topological polar surface area (TPSA) is 179 Å². The quantitative estimate of drug-likeness (QED) is 0.270. The Bertz CT molecular complexity index is 1040. The number of carbonyl (C=O) groups excluding carboxylic acids is 4. The Hall–Kier alpha value is -3.09. The van der Waals surface area contributed by atoms with Crippen LogP contribution in [0.25, 0.3) is 0 Å². The molecule has 2 aliphatic rings. The Balaban J connectivity index is 1.98. The van der Waals surface area contributed by atoms with Crippen LogP contribution in [0.1, 0.15) is 45.1 Å². The van der Waals surface area contributed by atoms with E-state index in [1.807, 2.05) is 0 Å². The number of aliphatic hydroxyl groups is 2. The van der Waals surface area contributed by atoms with Gasteiger partial charge in [0.05, 0.1) is 12.2 Å². The molecular formula is C25H36FN5O6. The second kappa shape index (κ2) is 11.5. The van der Waals surface area contributed by atoms with Crippen LogP contribution in [0.15, 0.2) is 24.3 Å². The van der Waals surface area contributed by atoms with Crippen LogP contribution in [-0.4, -0.2) is 92.6 Å². The first-order valence-corrected chi connectivity index (χ1v) is 12.5. The van der Waals surface area contributed by atoms with Crippen molar-refractivity contribution in [3.8, 4) is 0 Å². The van der Waals surface area contributed by atoms with Crippen LogP contribution in [0.4, 0.5) is 4.39 Å². The number of hydrogen-bond acceptors (Lipinski definition) is 7. The highest BCUT2D eigenvalue weighted by Crippen LogP contribution is 2.36. The molecule has 0 radical (unpaired) electrons. The van der Waals surface area contributed by atoms with Crippen molar-refractivity contribution < 1.29 is 33.8 Å². The van der Waals surface area contributed by atoms with Gasteiger partial charge in [-0.25, -0.2) is 4.39 Å². The van der Waals surface area contributed by atoms with Crippen LogP contribution in [0, 0.1) is 5.82 Å². The number of carbonyl (C=O) groups is 4. The first kappa shape index (κ1) is 28.5. The zero-order chi connectivity index (χ0) is 27.5. The maximum atomic E-state index is 14.0. The van der Waals surface area contributed by atoms with Gasteiger partial charge in [0.1, 0.15) is 29.5 Å². The van der Waals surface area contributed by atoms with Gasteiger partial charge in [0.2, 0.25) is 23.6 Å². The van der Waals surface area contributed by atoms with E-state index in [2.05, 4.69) is 5.32 Å². The van der Waals surface area contributed by atoms with Crippen molar-refractivity contribution in [1.29, 1.82) is 0 Å². The largest absolute Gasteiger partial charge is 0.391 e. The fourth-order valence-corrected chi connectivity index (χ4v) is 5.25.